The molecule has 10 N–H and O–H groups in total. The fourth-order valence-electron chi connectivity index (χ4n) is 0. The second kappa shape index (κ2) is 11.7. The minimum absolute atomic E-state index is 0. The van der Waals surface area contributed by atoms with Crippen LogP contribution in [0.15, 0.2) is 0 Å². The molecule has 7 nitrogen and oxygen atoms in total. The predicted molar refractivity (Wildman–Crippen MR) is 27.6 cm³/mol. The molecule has 0 fully saturated rings. The molecule has 0 aromatic rings. The molecule has 0 aliphatic carbocycles. The molecule has 0 atom stereocenters. The first-order chi connectivity index (χ1) is 2.00. The van der Waals surface area contributed by atoms with Gasteiger partial charge in [0.1, 0.15) is 0 Å². The molecule has 9 heavy (non-hydrogen) atoms. The maximum absolute atomic E-state index is 8.88. The molecule has 0 heterocycles. The number of phosphoric acid groups is 1. The van der Waals surface area contributed by atoms with E-state index in [0.29, 0.717) is 0 Å². The summed E-state index contributed by atoms with van der Waals surface area (Å²) in [6.07, 6.45) is 0. The maximum atomic E-state index is 8.88. The largest absolute Gasteiger partial charge is 1.00 e. The summed E-state index contributed by atoms with van der Waals surface area (Å²) in [5.74, 6) is 0. The van der Waals surface area contributed by atoms with E-state index < -0.39 is 7.82 Å². The molecule has 0 radical (unpaired) electrons. The first kappa shape index (κ1) is 32.4. The topological polar surface area (TPSA) is 176 Å². The first-order valence-electron chi connectivity index (χ1n) is 0.783. The van der Waals surface area contributed by atoms with Gasteiger partial charge in [-0.15, -0.1) is 0 Å². The van der Waals surface area contributed by atoms with Crippen molar-refractivity contribution in [2.75, 3.05) is 0 Å². The minimum Gasteiger partial charge on any atom is -1.00 e. The fourth-order valence-corrected chi connectivity index (χ4v) is 0. The van der Waals surface area contributed by atoms with Crippen molar-refractivity contribution in [2.45, 2.75) is 0 Å². The van der Waals surface area contributed by atoms with Crippen LogP contribution in [0.25, 0.3) is 0 Å². The average molecular weight is 175 g/mol. The third kappa shape index (κ3) is 448. The number of hydrogen-bond acceptors (Lipinski definition) is 2. The Kier molecular flexibility index (Phi) is 42.3. The van der Waals surface area contributed by atoms with Crippen molar-refractivity contribution in [3.8, 4) is 0 Å². The van der Waals surface area contributed by atoms with Gasteiger partial charge in [0, 0.05) is 0 Å². The molecule has 0 unspecified atom stereocenters. The van der Waals surface area contributed by atoms with Crippen LogP contribution in [0.4, 0.5) is 0 Å². The Labute approximate surface area is 75.3 Å². The molecule has 0 rings (SSSR count). The van der Waals surface area contributed by atoms with E-state index >= 15 is 0 Å². The zero-order chi connectivity index (χ0) is 4.50. The Morgan fingerprint density at radius 3 is 1.11 bits per heavy atom. The summed E-state index contributed by atoms with van der Waals surface area (Å²) in [4.78, 5) is 21.6. The standard InChI is InChI=1S/H3N.Na.H3O4P.2H2O.H/c;;1-5(2,3)4;;;/h1H3;;(H3,1,2,3,4);2*1H2;/q;+1;;;;-1. The minimum atomic E-state index is -4.64. The summed E-state index contributed by atoms with van der Waals surface area (Å²) in [6, 6.07) is 0. The molecule has 0 saturated carbocycles. The van der Waals surface area contributed by atoms with Crippen molar-refractivity contribution in [3.05, 3.63) is 0 Å². The van der Waals surface area contributed by atoms with E-state index in [1.807, 2.05) is 0 Å². The van der Waals surface area contributed by atoms with Crippen LogP contribution >= 0.6 is 7.82 Å². The SMILES string of the molecule is N.O.O.O=P(O)(O)O.[H-].[Na+]. The van der Waals surface area contributed by atoms with Crippen LogP contribution in [-0.2, 0) is 4.57 Å². The molecule has 0 bridgehead atoms. The van der Waals surface area contributed by atoms with Crippen molar-refractivity contribution in [1.29, 1.82) is 0 Å². The fraction of sp³-hybridized carbons (Fsp3) is 0. The second-order valence-electron chi connectivity index (χ2n) is 0.513. The van der Waals surface area contributed by atoms with Gasteiger partial charge >= 0.3 is 37.4 Å². The summed E-state index contributed by atoms with van der Waals surface area (Å²) in [7, 11) is -4.64. The van der Waals surface area contributed by atoms with E-state index in [0.717, 1.165) is 0 Å². The third-order valence-corrected chi connectivity index (χ3v) is 0. The Morgan fingerprint density at radius 2 is 1.11 bits per heavy atom. The van der Waals surface area contributed by atoms with Crippen molar-refractivity contribution in [1.82, 2.24) is 6.15 Å². The summed E-state index contributed by atoms with van der Waals surface area (Å²) >= 11 is 0. The van der Waals surface area contributed by atoms with Gasteiger partial charge in [0.2, 0.25) is 0 Å². The van der Waals surface area contributed by atoms with E-state index in [1.54, 1.807) is 0 Å². The van der Waals surface area contributed by atoms with Crippen LogP contribution in [0.2, 0.25) is 0 Å². The normalized spacial score (nSPS) is 6.56. The first-order valence-corrected chi connectivity index (χ1v) is 2.35. The summed E-state index contributed by atoms with van der Waals surface area (Å²) < 4.78 is 8.88. The molecular formula is H11NNaO6P. The van der Waals surface area contributed by atoms with Crippen LogP contribution in [0.3, 0.4) is 0 Å². The Balaban J connectivity index is -0.00000000800. The van der Waals surface area contributed by atoms with E-state index in [-0.39, 0.29) is 48.1 Å². The molecule has 9 heteroatoms. The predicted octanol–water partition coefficient (Wildman–Crippen LogP) is -5.30. The van der Waals surface area contributed by atoms with Gasteiger partial charge in [-0.3, -0.25) is 0 Å². The molecule has 0 aromatic heterocycles. The van der Waals surface area contributed by atoms with E-state index in [1.165, 1.54) is 0 Å². The van der Waals surface area contributed by atoms with Crippen molar-refractivity contribution in [3.63, 3.8) is 0 Å². The molecule has 58 valence electrons. The monoisotopic (exact) mass is 175 g/mol. The molecular weight excluding hydrogens is 164 g/mol. The van der Waals surface area contributed by atoms with Gasteiger partial charge < -0.3 is 33.2 Å². The van der Waals surface area contributed by atoms with Crippen LogP contribution < -0.4 is 35.7 Å². The summed E-state index contributed by atoms with van der Waals surface area (Å²) in [5.41, 5.74) is 0. The summed E-state index contributed by atoms with van der Waals surface area (Å²) in [5, 5.41) is 0. The van der Waals surface area contributed by atoms with E-state index in [4.69, 9.17) is 19.2 Å². The van der Waals surface area contributed by atoms with Crippen LogP contribution in [0.5, 0.6) is 0 Å². The van der Waals surface area contributed by atoms with Crippen LogP contribution in [0, 0.1) is 0 Å². The van der Waals surface area contributed by atoms with Gasteiger partial charge in [0.25, 0.3) is 0 Å². The smallest absolute Gasteiger partial charge is 1.00 e. The average Bonchev–Trinajstić information content (AvgIpc) is 0.722. The van der Waals surface area contributed by atoms with Crippen LogP contribution in [-0.4, -0.2) is 25.6 Å². The zero-order valence-electron chi connectivity index (χ0n) is 5.90. The Hall–Kier alpha value is 0.990. The van der Waals surface area contributed by atoms with E-state index in [2.05, 4.69) is 0 Å². The van der Waals surface area contributed by atoms with Crippen molar-refractivity contribution >= 4 is 7.82 Å². The van der Waals surface area contributed by atoms with E-state index in [9.17, 15) is 0 Å². The van der Waals surface area contributed by atoms with Crippen molar-refractivity contribution in [2.24, 2.45) is 0 Å². The van der Waals surface area contributed by atoms with Gasteiger partial charge in [-0.2, -0.15) is 0 Å². The molecule has 0 aliphatic heterocycles. The molecule has 0 aliphatic rings. The van der Waals surface area contributed by atoms with Gasteiger partial charge in [0.15, 0.2) is 0 Å². The van der Waals surface area contributed by atoms with Gasteiger partial charge in [-0.1, -0.05) is 0 Å². The summed E-state index contributed by atoms with van der Waals surface area (Å²) in [6.45, 7) is 0. The van der Waals surface area contributed by atoms with Crippen LogP contribution in [0.1, 0.15) is 1.43 Å². The molecule has 0 aromatic carbocycles. The maximum Gasteiger partial charge on any atom is 1.00 e. The number of rotatable bonds is 0. The Morgan fingerprint density at radius 1 is 1.11 bits per heavy atom. The quantitative estimate of drug-likeness (QED) is 0.212. The van der Waals surface area contributed by atoms with Gasteiger partial charge in [-0.05, 0) is 0 Å². The zero-order valence-corrected chi connectivity index (χ0v) is 7.80. The third-order valence-electron chi connectivity index (χ3n) is 0. The number of hydrogen-bond donors (Lipinski definition) is 4. The molecule has 0 amide bonds. The van der Waals surface area contributed by atoms with Gasteiger partial charge in [-0.25, -0.2) is 4.57 Å². The van der Waals surface area contributed by atoms with Crippen molar-refractivity contribution < 1.29 is 61.2 Å². The molecule has 0 saturated heterocycles. The second-order valence-corrected chi connectivity index (χ2v) is 1.54. The van der Waals surface area contributed by atoms with Gasteiger partial charge in [0.05, 0.1) is 0 Å². The molecule has 0 spiro atoms. The Bertz CT molecular complexity index is 63.9.